The van der Waals surface area contributed by atoms with Gasteiger partial charge in [-0.3, -0.25) is 14.2 Å². The number of fused-ring (bicyclic) bond motifs is 2. The van der Waals surface area contributed by atoms with Gasteiger partial charge in [-0.05, 0) is 57.7 Å². The molecule has 2 bridgehead atoms. The molecular weight excluding hydrogens is 442 g/mol. The minimum absolute atomic E-state index is 0.148. The average Bonchev–Trinajstić information content (AvgIpc) is 3.14. The predicted molar refractivity (Wildman–Crippen MR) is 112 cm³/mol. The Kier molecular flexibility index (Phi) is 7.52. The van der Waals surface area contributed by atoms with Crippen LogP contribution in [0.2, 0.25) is 0 Å². The molecule has 0 aliphatic carbocycles. The summed E-state index contributed by atoms with van der Waals surface area (Å²) in [5, 5.41) is 4.08. The van der Waals surface area contributed by atoms with Crippen LogP contribution in [0, 0.1) is 5.92 Å². The fourth-order valence-corrected chi connectivity index (χ4v) is 5.63. The molecule has 0 spiro atoms. The number of piperidine rings is 1. The van der Waals surface area contributed by atoms with Crippen LogP contribution in [0.1, 0.15) is 44.9 Å². The van der Waals surface area contributed by atoms with E-state index in [1.807, 2.05) is 0 Å². The van der Waals surface area contributed by atoms with Crippen LogP contribution in [-0.2, 0) is 24.3 Å². The summed E-state index contributed by atoms with van der Waals surface area (Å²) in [6, 6.07) is -1.91. The third-order valence-electron chi connectivity index (χ3n) is 6.79. The molecule has 12 nitrogen and oxygen atoms in total. The van der Waals surface area contributed by atoms with Gasteiger partial charge in [-0.15, -0.1) is 4.28 Å². The van der Waals surface area contributed by atoms with Crippen LogP contribution in [0.5, 0.6) is 0 Å². The Bertz CT molecular complexity index is 789. The first-order valence-electron chi connectivity index (χ1n) is 11.4. The van der Waals surface area contributed by atoms with Gasteiger partial charge in [0.05, 0.1) is 12.6 Å². The maximum absolute atomic E-state index is 12.6. The summed E-state index contributed by atoms with van der Waals surface area (Å²) in [5.41, 5.74) is 2.44. The van der Waals surface area contributed by atoms with Crippen LogP contribution < -0.4 is 10.8 Å². The van der Waals surface area contributed by atoms with E-state index in [2.05, 4.69) is 20.0 Å². The zero-order valence-corrected chi connectivity index (χ0v) is 19.0. The summed E-state index contributed by atoms with van der Waals surface area (Å²) in [7, 11) is -4.81. The molecular formula is C19H33N5O7S. The van der Waals surface area contributed by atoms with E-state index in [-0.39, 0.29) is 12.6 Å². The van der Waals surface area contributed by atoms with Crippen molar-refractivity contribution in [2.45, 2.75) is 63.1 Å². The van der Waals surface area contributed by atoms with Gasteiger partial charge < -0.3 is 15.1 Å². The van der Waals surface area contributed by atoms with Crippen LogP contribution in [0.4, 0.5) is 4.79 Å². The highest BCUT2D eigenvalue weighted by Gasteiger charge is 2.49. The molecule has 3 N–H and O–H groups in total. The molecule has 4 atom stereocenters. The minimum atomic E-state index is -4.81. The Morgan fingerprint density at radius 1 is 1.19 bits per heavy atom. The van der Waals surface area contributed by atoms with Gasteiger partial charge in [-0.25, -0.2) is 10.3 Å². The van der Waals surface area contributed by atoms with E-state index in [0.717, 1.165) is 19.5 Å². The van der Waals surface area contributed by atoms with Gasteiger partial charge in [0.15, 0.2) is 0 Å². The molecule has 0 aromatic heterocycles. The van der Waals surface area contributed by atoms with Crippen molar-refractivity contribution in [2.24, 2.45) is 5.92 Å². The second kappa shape index (κ2) is 10.2. The van der Waals surface area contributed by atoms with E-state index in [4.69, 9.17) is 9.39 Å². The molecule has 0 aromatic rings. The van der Waals surface area contributed by atoms with Crippen molar-refractivity contribution in [3.8, 4) is 0 Å². The normalized spacial score (nSPS) is 31.7. The summed E-state index contributed by atoms with van der Waals surface area (Å²) in [4.78, 5) is 34.2. The van der Waals surface area contributed by atoms with E-state index in [1.54, 1.807) is 0 Å². The van der Waals surface area contributed by atoms with Gasteiger partial charge in [-0.1, -0.05) is 12.8 Å². The zero-order valence-electron chi connectivity index (χ0n) is 18.1. The van der Waals surface area contributed by atoms with Gasteiger partial charge in [0.25, 0.3) is 5.91 Å². The lowest BCUT2D eigenvalue weighted by molar-refractivity contribution is -0.139. The number of carbonyl (C=O) groups excluding carboxylic acids is 2. The first-order valence-corrected chi connectivity index (χ1v) is 12.8. The molecule has 4 aliphatic heterocycles. The van der Waals surface area contributed by atoms with Crippen molar-refractivity contribution in [2.75, 3.05) is 39.3 Å². The molecule has 0 aromatic carbocycles. The van der Waals surface area contributed by atoms with Crippen molar-refractivity contribution in [3.63, 3.8) is 0 Å². The molecule has 4 saturated heterocycles. The van der Waals surface area contributed by atoms with Crippen LogP contribution in [0.15, 0.2) is 0 Å². The number of amides is 3. The molecule has 0 saturated carbocycles. The van der Waals surface area contributed by atoms with Crippen molar-refractivity contribution in [1.82, 2.24) is 25.7 Å². The van der Waals surface area contributed by atoms with Crippen LogP contribution >= 0.6 is 0 Å². The van der Waals surface area contributed by atoms with E-state index >= 15 is 0 Å². The van der Waals surface area contributed by atoms with Crippen molar-refractivity contribution < 1.29 is 31.7 Å². The lowest BCUT2D eigenvalue weighted by atomic mass is 10.0. The van der Waals surface area contributed by atoms with E-state index in [1.165, 1.54) is 43.7 Å². The molecule has 13 heteroatoms. The van der Waals surface area contributed by atoms with Crippen molar-refractivity contribution in [1.29, 1.82) is 0 Å². The van der Waals surface area contributed by atoms with Crippen molar-refractivity contribution in [3.05, 3.63) is 0 Å². The number of carbonyl (C=O) groups is 2. The van der Waals surface area contributed by atoms with E-state index < -0.39 is 34.4 Å². The number of rotatable bonds is 8. The van der Waals surface area contributed by atoms with Gasteiger partial charge in [0.2, 0.25) is 0 Å². The molecule has 4 fully saturated rings. The summed E-state index contributed by atoms with van der Waals surface area (Å²) in [6.07, 6.45) is 6.91. The fraction of sp³-hybridized carbons (Fsp3) is 0.895. The van der Waals surface area contributed by atoms with Gasteiger partial charge in [-0.2, -0.15) is 13.5 Å². The second-order valence-electron chi connectivity index (χ2n) is 9.21. The Labute approximate surface area is 188 Å². The summed E-state index contributed by atoms with van der Waals surface area (Å²) in [5.74, 6) is 0.119. The topological polar surface area (TPSA) is 141 Å². The number of hydrogen-bond donors (Lipinski definition) is 3. The first-order chi connectivity index (χ1) is 15.3. The maximum atomic E-state index is 12.6. The van der Waals surface area contributed by atoms with Crippen LogP contribution in [-0.4, -0.2) is 97.2 Å². The highest BCUT2D eigenvalue weighted by molar-refractivity contribution is 7.80. The third kappa shape index (κ3) is 5.88. The first kappa shape index (κ1) is 23.6. The summed E-state index contributed by atoms with van der Waals surface area (Å²) in [6.45, 7) is 4.88. The number of nitrogens with one attached hydrogen (secondary N) is 2. The maximum Gasteiger partial charge on any atom is 0.418 e. The average molecular weight is 476 g/mol. The highest BCUT2D eigenvalue weighted by atomic mass is 32.3. The predicted octanol–water partition coefficient (Wildman–Crippen LogP) is -0.109. The SMILES string of the molecule is O=C(NOC[C@@H]1C[C@H](CN2CCCCCC2)CN1)C1CCC2CN1C(=O)N2OS(=O)(=O)O. The number of nitrogens with zero attached hydrogens (tertiary/aromatic N) is 3. The lowest BCUT2D eigenvalue weighted by Crippen LogP contribution is -2.50. The molecule has 32 heavy (non-hydrogen) atoms. The van der Waals surface area contributed by atoms with Gasteiger partial charge in [0, 0.05) is 19.1 Å². The van der Waals surface area contributed by atoms with Gasteiger partial charge >= 0.3 is 16.4 Å². The number of urea groups is 1. The van der Waals surface area contributed by atoms with Gasteiger partial charge in [0.1, 0.15) is 6.04 Å². The Hall–Kier alpha value is -1.51. The molecule has 2 unspecified atom stereocenters. The Balaban J connectivity index is 1.18. The molecule has 4 heterocycles. The van der Waals surface area contributed by atoms with Crippen LogP contribution in [0.3, 0.4) is 0 Å². The Morgan fingerprint density at radius 2 is 1.94 bits per heavy atom. The second-order valence-corrected chi connectivity index (χ2v) is 10.2. The largest absolute Gasteiger partial charge is 0.418 e. The summed E-state index contributed by atoms with van der Waals surface area (Å²) < 4.78 is 35.2. The van der Waals surface area contributed by atoms with Crippen LogP contribution in [0.25, 0.3) is 0 Å². The smallest absolute Gasteiger partial charge is 0.311 e. The molecule has 0 radical (unpaired) electrons. The minimum Gasteiger partial charge on any atom is -0.311 e. The molecule has 4 rings (SSSR count). The molecule has 4 aliphatic rings. The van der Waals surface area contributed by atoms with Crippen molar-refractivity contribution >= 4 is 22.3 Å². The number of likely N-dealkylation sites (tertiary alicyclic amines) is 1. The summed E-state index contributed by atoms with van der Waals surface area (Å²) >= 11 is 0. The quantitative estimate of drug-likeness (QED) is 0.324. The number of hydroxylamine groups is 3. The highest BCUT2D eigenvalue weighted by Crippen LogP contribution is 2.30. The fourth-order valence-electron chi connectivity index (χ4n) is 5.24. The molecule has 3 amide bonds. The van der Waals surface area contributed by atoms with E-state index in [0.29, 0.717) is 30.4 Å². The standard InChI is InChI=1S/C19H33N5O7S/c25-18(17-6-5-16-12-23(17)19(26)24(16)31-32(27,28)29)21-30-13-15-9-14(10-20-15)11-22-7-3-1-2-4-8-22/h14-17,20H,1-13H2,(H,21,25)(H,27,28,29)/t14-,15-,16?,17?/m0/s1. The van der Waals surface area contributed by atoms with E-state index in [9.17, 15) is 18.0 Å². The lowest BCUT2D eigenvalue weighted by Gasteiger charge is -2.29. The Morgan fingerprint density at radius 3 is 2.66 bits per heavy atom. The third-order valence-corrected chi connectivity index (χ3v) is 7.13. The molecule has 182 valence electrons. The zero-order chi connectivity index (χ0) is 22.7. The monoisotopic (exact) mass is 475 g/mol. The number of hydrogen-bond acceptors (Lipinski definition) is 8.